The summed E-state index contributed by atoms with van der Waals surface area (Å²) >= 11 is 0. The Kier molecular flexibility index (Phi) is 5.16. The van der Waals surface area contributed by atoms with Crippen molar-refractivity contribution in [2.75, 3.05) is 24.8 Å². The van der Waals surface area contributed by atoms with Crippen molar-refractivity contribution < 1.29 is 9.53 Å². The molecule has 1 aliphatic carbocycles. The first kappa shape index (κ1) is 17.4. The second-order valence-electron chi connectivity index (χ2n) is 5.31. The Morgan fingerprint density at radius 3 is 2.83 bits per heavy atom. The van der Waals surface area contributed by atoms with E-state index in [1.54, 1.807) is 26.3 Å². The molecular formula is C16H20N6O2. The molecule has 0 saturated heterocycles. The second-order valence-corrected chi connectivity index (χ2v) is 5.31. The number of primary amides is 1. The van der Waals surface area contributed by atoms with Crippen molar-refractivity contribution in [2.24, 2.45) is 5.73 Å². The van der Waals surface area contributed by atoms with E-state index in [1.807, 2.05) is 13.0 Å². The zero-order chi connectivity index (χ0) is 17.7. The molecule has 1 atom stereocenters. The number of hydrogen-bond acceptors (Lipinski definition) is 7. The molecule has 24 heavy (non-hydrogen) atoms. The summed E-state index contributed by atoms with van der Waals surface area (Å²) in [6, 6.07) is 2.02. The van der Waals surface area contributed by atoms with Crippen molar-refractivity contribution >= 4 is 17.7 Å². The molecule has 126 valence electrons. The smallest absolute Gasteiger partial charge is 0.244 e. The van der Waals surface area contributed by atoms with Crippen LogP contribution in [0.3, 0.4) is 0 Å². The molecule has 0 bridgehead atoms. The van der Waals surface area contributed by atoms with E-state index in [2.05, 4.69) is 20.6 Å². The van der Waals surface area contributed by atoms with Gasteiger partial charge in [-0.25, -0.2) is 4.98 Å². The molecule has 0 aromatic carbocycles. The van der Waals surface area contributed by atoms with E-state index in [-0.39, 0.29) is 0 Å². The molecule has 4 N–H and O–H groups in total. The summed E-state index contributed by atoms with van der Waals surface area (Å²) in [6.07, 6.45) is 5.85. The number of hydrogen-bond donors (Lipinski definition) is 3. The Hall–Kier alpha value is -2.92. The lowest BCUT2D eigenvalue weighted by molar-refractivity contribution is -0.115. The lowest BCUT2D eigenvalue weighted by Gasteiger charge is -2.36. The third-order valence-electron chi connectivity index (χ3n) is 4.09. The van der Waals surface area contributed by atoms with Crippen LogP contribution in [-0.4, -0.2) is 35.6 Å². The van der Waals surface area contributed by atoms with E-state index in [4.69, 9.17) is 15.7 Å². The fourth-order valence-corrected chi connectivity index (χ4v) is 2.60. The van der Waals surface area contributed by atoms with E-state index in [1.165, 1.54) is 6.20 Å². The number of anilines is 2. The van der Waals surface area contributed by atoms with E-state index < -0.39 is 11.5 Å². The highest BCUT2D eigenvalue weighted by molar-refractivity contribution is 5.93. The summed E-state index contributed by atoms with van der Waals surface area (Å²) in [7, 11) is 3.27. The van der Waals surface area contributed by atoms with Crippen LogP contribution in [0.15, 0.2) is 29.6 Å². The van der Waals surface area contributed by atoms with Gasteiger partial charge in [0.15, 0.2) is 0 Å². The van der Waals surface area contributed by atoms with Gasteiger partial charge in [0, 0.05) is 26.2 Å². The van der Waals surface area contributed by atoms with Crippen LogP contribution in [0, 0.1) is 11.3 Å². The maximum absolute atomic E-state index is 11.5. The Labute approximate surface area is 140 Å². The van der Waals surface area contributed by atoms with E-state index in [0.29, 0.717) is 35.7 Å². The molecule has 0 spiro atoms. The van der Waals surface area contributed by atoms with Gasteiger partial charge in [0.25, 0.3) is 0 Å². The minimum Gasteiger partial charge on any atom is -0.372 e. The Morgan fingerprint density at radius 1 is 1.54 bits per heavy atom. The Bertz CT molecular complexity index is 743. The van der Waals surface area contributed by atoms with E-state index in [0.717, 1.165) is 5.70 Å². The second kappa shape index (κ2) is 7.10. The summed E-state index contributed by atoms with van der Waals surface area (Å²) in [4.78, 5) is 19.9. The largest absolute Gasteiger partial charge is 0.372 e. The van der Waals surface area contributed by atoms with Gasteiger partial charge in [0.1, 0.15) is 23.1 Å². The summed E-state index contributed by atoms with van der Waals surface area (Å²) in [6.45, 7) is 1.96. The van der Waals surface area contributed by atoms with Crippen LogP contribution >= 0.6 is 0 Å². The lowest BCUT2D eigenvalue weighted by atomic mass is 9.84. The van der Waals surface area contributed by atoms with Crippen LogP contribution in [-0.2, 0) is 9.53 Å². The average molecular weight is 328 g/mol. The number of aromatic nitrogens is 2. The normalized spacial score (nSPS) is 19.8. The SMILES string of the molecule is CCC1(OC)CC(C(N)=O)=CC=C1Nc1ncc(C#N)c(NC)n1. The number of rotatable bonds is 6. The standard InChI is InChI=1S/C16H20N6O2/c1-4-16(24-3)7-10(13(18)23)5-6-12(16)21-15-20-9-11(8-17)14(19-2)22-15/h5-6,9H,4,7H2,1-3H3,(H2,18,23)(H2,19,20,21,22). The zero-order valence-electron chi connectivity index (χ0n) is 13.9. The lowest BCUT2D eigenvalue weighted by Crippen LogP contribution is -2.40. The first-order valence-corrected chi connectivity index (χ1v) is 7.47. The number of nitrogens with zero attached hydrogens (tertiary/aromatic N) is 3. The third kappa shape index (κ3) is 3.21. The van der Waals surface area contributed by atoms with Crippen LogP contribution < -0.4 is 16.4 Å². The monoisotopic (exact) mass is 328 g/mol. The first-order valence-electron chi connectivity index (χ1n) is 7.47. The number of nitrogens with one attached hydrogen (secondary N) is 2. The number of methoxy groups -OCH3 is 1. The van der Waals surface area contributed by atoms with Crippen LogP contribution in [0.4, 0.5) is 11.8 Å². The van der Waals surface area contributed by atoms with E-state index in [9.17, 15) is 4.79 Å². The minimum absolute atomic E-state index is 0.329. The maximum atomic E-state index is 11.5. The Balaban J connectivity index is 2.39. The van der Waals surface area contributed by atoms with Crippen LogP contribution in [0.1, 0.15) is 25.3 Å². The van der Waals surface area contributed by atoms with Gasteiger partial charge in [-0.1, -0.05) is 13.0 Å². The molecule has 0 radical (unpaired) electrons. The zero-order valence-corrected chi connectivity index (χ0v) is 13.9. The summed E-state index contributed by atoms with van der Waals surface area (Å²) in [5.41, 5.74) is 6.26. The highest BCUT2D eigenvalue weighted by Gasteiger charge is 2.37. The van der Waals surface area contributed by atoms with Crippen LogP contribution in [0.2, 0.25) is 0 Å². The number of allylic oxidation sites excluding steroid dienone is 2. The molecule has 1 aromatic rings. The molecule has 1 unspecified atom stereocenters. The number of amides is 1. The maximum Gasteiger partial charge on any atom is 0.244 e. The third-order valence-corrected chi connectivity index (χ3v) is 4.09. The molecule has 8 heteroatoms. The molecule has 1 aliphatic rings. The molecule has 0 saturated carbocycles. The van der Waals surface area contributed by atoms with Gasteiger partial charge in [0.2, 0.25) is 11.9 Å². The van der Waals surface area contributed by atoms with Gasteiger partial charge < -0.3 is 21.1 Å². The number of nitrogens with two attached hydrogens (primary N) is 1. The molecule has 0 aliphatic heterocycles. The number of carbonyl (C=O) groups excluding carboxylic acids is 1. The van der Waals surface area contributed by atoms with Gasteiger partial charge in [-0.05, 0) is 12.5 Å². The molecule has 0 fully saturated rings. The molecular weight excluding hydrogens is 308 g/mol. The van der Waals surface area contributed by atoms with Gasteiger partial charge in [-0.15, -0.1) is 0 Å². The molecule has 2 rings (SSSR count). The summed E-state index contributed by atoms with van der Waals surface area (Å²) < 4.78 is 5.69. The van der Waals surface area contributed by atoms with E-state index >= 15 is 0 Å². The van der Waals surface area contributed by atoms with Crippen molar-refractivity contribution in [1.82, 2.24) is 9.97 Å². The van der Waals surface area contributed by atoms with Crippen molar-refractivity contribution in [2.45, 2.75) is 25.4 Å². The van der Waals surface area contributed by atoms with Crippen molar-refractivity contribution in [3.05, 3.63) is 35.2 Å². The number of ether oxygens (including phenoxy) is 1. The highest BCUT2D eigenvalue weighted by Crippen LogP contribution is 2.35. The van der Waals surface area contributed by atoms with Gasteiger partial charge >= 0.3 is 0 Å². The summed E-state index contributed by atoms with van der Waals surface area (Å²) in [5.74, 6) is 0.293. The van der Waals surface area contributed by atoms with Crippen molar-refractivity contribution in [1.29, 1.82) is 5.26 Å². The number of carbonyl (C=O) groups is 1. The topological polar surface area (TPSA) is 126 Å². The highest BCUT2D eigenvalue weighted by atomic mass is 16.5. The van der Waals surface area contributed by atoms with Crippen LogP contribution in [0.25, 0.3) is 0 Å². The molecule has 1 amide bonds. The molecule has 1 aromatic heterocycles. The predicted molar refractivity (Wildman–Crippen MR) is 89.9 cm³/mol. The first-order chi connectivity index (χ1) is 11.5. The molecule has 8 nitrogen and oxygen atoms in total. The fraction of sp³-hybridized carbons (Fsp3) is 0.375. The Morgan fingerprint density at radius 2 is 2.29 bits per heavy atom. The fourth-order valence-electron chi connectivity index (χ4n) is 2.60. The molecule has 1 heterocycles. The van der Waals surface area contributed by atoms with Crippen molar-refractivity contribution in [3.63, 3.8) is 0 Å². The summed E-state index contributed by atoms with van der Waals surface area (Å²) in [5, 5.41) is 15.0. The minimum atomic E-state index is -0.712. The van der Waals surface area contributed by atoms with Crippen LogP contribution in [0.5, 0.6) is 0 Å². The number of nitriles is 1. The van der Waals surface area contributed by atoms with Gasteiger partial charge in [-0.3, -0.25) is 4.79 Å². The average Bonchev–Trinajstić information content (AvgIpc) is 2.61. The predicted octanol–water partition coefficient (Wildman–Crippen LogP) is 1.30. The quantitative estimate of drug-likeness (QED) is 0.718. The van der Waals surface area contributed by atoms with Crippen molar-refractivity contribution in [3.8, 4) is 6.07 Å². The van der Waals surface area contributed by atoms with Gasteiger partial charge in [0.05, 0.1) is 11.9 Å². The van der Waals surface area contributed by atoms with Gasteiger partial charge in [-0.2, -0.15) is 10.2 Å².